The predicted octanol–water partition coefficient (Wildman–Crippen LogP) is 2.86. The number of carbonyl (C=O) groups excluding carboxylic acids is 2. The summed E-state index contributed by atoms with van der Waals surface area (Å²) in [5.74, 6) is 0.360. The van der Waals surface area contributed by atoms with Gasteiger partial charge in [-0.05, 0) is 43.4 Å². The van der Waals surface area contributed by atoms with Crippen LogP contribution in [0.4, 0.5) is 0 Å². The Hall–Kier alpha value is -1.59. The van der Waals surface area contributed by atoms with Crippen molar-refractivity contribution >= 4 is 23.4 Å². The number of amides is 2. The molecular weight excluding hydrogens is 352 g/mol. The molecule has 3 aliphatic rings. The van der Waals surface area contributed by atoms with Crippen LogP contribution in [0.2, 0.25) is 5.02 Å². The van der Waals surface area contributed by atoms with E-state index in [0.29, 0.717) is 24.6 Å². The summed E-state index contributed by atoms with van der Waals surface area (Å²) in [4.78, 5) is 29.0. The van der Waals surface area contributed by atoms with Gasteiger partial charge in [-0.2, -0.15) is 0 Å². The van der Waals surface area contributed by atoms with Crippen LogP contribution in [-0.4, -0.2) is 54.0 Å². The maximum absolute atomic E-state index is 12.5. The molecule has 6 heteroatoms. The zero-order chi connectivity index (χ0) is 18.1. The second-order valence-electron chi connectivity index (χ2n) is 7.88. The quantitative estimate of drug-likeness (QED) is 0.815. The first kappa shape index (κ1) is 17.8. The first-order chi connectivity index (χ1) is 12.5. The van der Waals surface area contributed by atoms with Crippen LogP contribution >= 0.6 is 11.6 Å². The number of hydrogen-bond acceptors (Lipinski definition) is 3. The Morgan fingerprint density at radius 2 is 1.96 bits per heavy atom. The normalized spacial score (nSPS) is 25.3. The highest BCUT2D eigenvalue weighted by atomic mass is 35.5. The lowest BCUT2D eigenvalue weighted by Gasteiger charge is -2.39. The molecule has 26 heavy (non-hydrogen) atoms. The minimum Gasteiger partial charge on any atom is -0.368 e. The van der Waals surface area contributed by atoms with Crippen LogP contribution < -0.4 is 0 Å². The second kappa shape index (κ2) is 7.20. The number of likely N-dealkylation sites (tertiary alicyclic amines) is 2. The van der Waals surface area contributed by atoms with E-state index in [1.807, 2.05) is 34.1 Å². The topological polar surface area (TPSA) is 49.9 Å². The third kappa shape index (κ3) is 3.60. The molecule has 4 rings (SSSR count). The predicted molar refractivity (Wildman–Crippen MR) is 98.7 cm³/mol. The van der Waals surface area contributed by atoms with E-state index >= 15 is 0 Å². The standard InChI is InChI=1S/C20H25ClN2O3/c21-16-5-3-15(4-6-16)13-23-14-20(12-18(23)24)7-9-22(10-8-20)19(25)17-2-1-11-26-17/h3-6,17H,1-2,7-14H2. The molecule has 3 heterocycles. The maximum Gasteiger partial charge on any atom is 0.251 e. The summed E-state index contributed by atoms with van der Waals surface area (Å²) >= 11 is 5.94. The lowest BCUT2D eigenvalue weighted by atomic mass is 9.77. The molecule has 1 atom stereocenters. The summed E-state index contributed by atoms with van der Waals surface area (Å²) < 4.78 is 5.53. The summed E-state index contributed by atoms with van der Waals surface area (Å²) in [5.41, 5.74) is 1.13. The van der Waals surface area contributed by atoms with Gasteiger partial charge in [0.25, 0.3) is 5.91 Å². The highest BCUT2D eigenvalue weighted by Gasteiger charge is 2.46. The molecule has 1 unspecified atom stereocenters. The molecular formula is C20H25ClN2O3. The van der Waals surface area contributed by atoms with Crippen molar-refractivity contribution in [2.24, 2.45) is 5.41 Å². The van der Waals surface area contributed by atoms with Gasteiger partial charge in [0, 0.05) is 49.6 Å². The van der Waals surface area contributed by atoms with Crippen molar-refractivity contribution in [2.75, 3.05) is 26.2 Å². The van der Waals surface area contributed by atoms with Gasteiger partial charge >= 0.3 is 0 Å². The minimum absolute atomic E-state index is 0.0246. The van der Waals surface area contributed by atoms with Crippen LogP contribution in [0.5, 0.6) is 0 Å². The third-order valence-electron chi connectivity index (χ3n) is 6.03. The van der Waals surface area contributed by atoms with E-state index in [1.54, 1.807) is 0 Å². The summed E-state index contributed by atoms with van der Waals surface area (Å²) in [7, 11) is 0. The van der Waals surface area contributed by atoms with Crippen LogP contribution in [0.3, 0.4) is 0 Å². The van der Waals surface area contributed by atoms with Crippen molar-refractivity contribution in [1.82, 2.24) is 9.80 Å². The molecule has 3 fully saturated rings. The number of hydrogen-bond donors (Lipinski definition) is 0. The number of ether oxygens (including phenoxy) is 1. The Labute approximate surface area is 159 Å². The number of halogens is 1. The fourth-order valence-corrected chi connectivity index (χ4v) is 4.57. The first-order valence-corrected chi connectivity index (χ1v) is 9.85. The Balaban J connectivity index is 1.34. The van der Waals surface area contributed by atoms with Crippen LogP contribution in [0, 0.1) is 5.41 Å². The number of carbonyl (C=O) groups is 2. The van der Waals surface area contributed by atoms with E-state index < -0.39 is 0 Å². The maximum atomic E-state index is 12.5. The molecule has 0 radical (unpaired) electrons. The smallest absolute Gasteiger partial charge is 0.251 e. The van der Waals surface area contributed by atoms with Gasteiger partial charge in [-0.15, -0.1) is 0 Å². The van der Waals surface area contributed by atoms with Crippen LogP contribution in [0.25, 0.3) is 0 Å². The summed E-state index contributed by atoms with van der Waals surface area (Å²) in [6.07, 6.45) is 3.97. The number of rotatable bonds is 3. The largest absolute Gasteiger partial charge is 0.368 e. The fraction of sp³-hybridized carbons (Fsp3) is 0.600. The van der Waals surface area contributed by atoms with E-state index in [1.165, 1.54) is 0 Å². The van der Waals surface area contributed by atoms with Gasteiger partial charge in [-0.1, -0.05) is 23.7 Å². The van der Waals surface area contributed by atoms with E-state index in [0.717, 1.165) is 50.9 Å². The Morgan fingerprint density at radius 1 is 1.23 bits per heavy atom. The molecule has 5 nitrogen and oxygen atoms in total. The average Bonchev–Trinajstić information content (AvgIpc) is 3.26. The van der Waals surface area contributed by atoms with Gasteiger partial charge in [0.2, 0.25) is 5.91 Å². The zero-order valence-electron chi connectivity index (χ0n) is 15.0. The molecule has 1 aromatic rings. The first-order valence-electron chi connectivity index (χ1n) is 9.47. The Kier molecular flexibility index (Phi) is 4.93. The van der Waals surface area contributed by atoms with Gasteiger partial charge in [0.1, 0.15) is 6.10 Å². The van der Waals surface area contributed by atoms with E-state index in [2.05, 4.69) is 0 Å². The monoisotopic (exact) mass is 376 g/mol. The number of benzene rings is 1. The van der Waals surface area contributed by atoms with Gasteiger partial charge in [-0.25, -0.2) is 0 Å². The summed E-state index contributed by atoms with van der Waals surface area (Å²) in [5, 5.41) is 0.709. The Bertz CT molecular complexity index is 677. The lowest BCUT2D eigenvalue weighted by molar-refractivity contribution is -0.143. The van der Waals surface area contributed by atoms with E-state index in [4.69, 9.17) is 16.3 Å². The molecule has 3 saturated heterocycles. The van der Waals surface area contributed by atoms with Gasteiger partial charge in [-0.3, -0.25) is 9.59 Å². The van der Waals surface area contributed by atoms with Gasteiger partial charge in [0.15, 0.2) is 0 Å². The number of piperidine rings is 1. The second-order valence-corrected chi connectivity index (χ2v) is 8.32. The Morgan fingerprint density at radius 3 is 2.62 bits per heavy atom. The van der Waals surface area contributed by atoms with Crippen LogP contribution in [-0.2, 0) is 20.9 Å². The fourth-order valence-electron chi connectivity index (χ4n) is 4.45. The SMILES string of the molecule is O=C1CC2(CCN(C(=O)C3CCCO3)CC2)CN1Cc1ccc(Cl)cc1. The highest BCUT2D eigenvalue weighted by molar-refractivity contribution is 6.30. The average molecular weight is 377 g/mol. The van der Waals surface area contributed by atoms with Gasteiger partial charge < -0.3 is 14.5 Å². The molecule has 0 saturated carbocycles. The molecule has 140 valence electrons. The molecule has 0 N–H and O–H groups in total. The molecule has 0 aliphatic carbocycles. The molecule has 1 spiro atoms. The van der Waals surface area contributed by atoms with Crippen molar-refractivity contribution in [3.63, 3.8) is 0 Å². The highest BCUT2D eigenvalue weighted by Crippen LogP contribution is 2.41. The van der Waals surface area contributed by atoms with Crippen molar-refractivity contribution in [1.29, 1.82) is 0 Å². The van der Waals surface area contributed by atoms with Crippen molar-refractivity contribution < 1.29 is 14.3 Å². The molecule has 2 amide bonds. The van der Waals surface area contributed by atoms with Crippen LogP contribution in [0.15, 0.2) is 24.3 Å². The zero-order valence-corrected chi connectivity index (χ0v) is 15.7. The third-order valence-corrected chi connectivity index (χ3v) is 6.28. The van der Waals surface area contributed by atoms with E-state index in [9.17, 15) is 9.59 Å². The molecule has 3 aliphatic heterocycles. The van der Waals surface area contributed by atoms with Crippen LogP contribution in [0.1, 0.15) is 37.7 Å². The molecule has 0 bridgehead atoms. The molecule has 0 aromatic heterocycles. The molecule has 1 aromatic carbocycles. The minimum atomic E-state index is -0.240. The van der Waals surface area contributed by atoms with Crippen molar-refractivity contribution in [3.05, 3.63) is 34.9 Å². The van der Waals surface area contributed by atoms with Gasteiger partial charge in [0.05, 0.1) is 0 Å². The van der Waals surface area contributed by atoms with Crippen molar-refractivity contribution in [2.45, 2.75) is 44.8 Å². The van der Waals surface area contributed by atoms with Crippen molar-refractivity contribution in [3.8, 4) is 0 Å². The van der Waals surface area contributed by atoms with E-state index in [-0.39, 0.29) is 23.3 Å². The summed E-state index contributed by atoms with van der Waals surface area (Å²) in [6.45, 7) is 3.59. The summed E-state index contributed by atoms with van der Waals surface area (Å²) in [6, 6.07) is 7.68. The lowest BCUT2D eigenvalue weighted by Crippen LogP contribution is -2.47. The number of nitrogens with zero attached hydrogens (tertiary/aromatic N) is 2.